The lowest BCUT2D eigenvalue weighted by Gasteiger charge is -2.00. The Kier molecular flexibility index (Phi) is 1.98. The topological polar surface area (TPSA) is 76.2 Å². The minimum atomic E-state index is -0.427. The zero-order valence-corrected chi connectivity index (χ0v) is 8.92. The van der Waals surface area contributed by atoms with Crippen LogP contribution in [0.1, 0.15) is 10.4 Å². The summed E-state index contributed by atoms with van der Waals surface area (Å²) >= 11 is 0. The minimum Gasteiger partial charge on any atom is -0.366 e. The van der Waals surface area contributed by atoms with Crippen LogP contribution in [0.3, 0.4) is 0 Å². The molecule has 0 fully saturated rings. The van der Waals surface area contributed by atoms with Crippen molar-refractivity contribution in [2.45, 2.75) is 0 Å². The van der Waals surface area contributed by atoms with E-state index in [9.17, 15) is 4.79 Å². The van der Waals surface area contributed by atoms with E-state index in [1.54, 1.807) is 18.3 Å². The van der Waals surface area contributed by atoms with Gasteiger partial charge in [0.2, 0.25) is 5.91 Å². The van der Waals surface area contributed by atoms with E-state index in [1.165, 1.54) is 0 Å². The van der Waals surface area contributed by atoms with Crippen LogP contribution in [-0.2, 0) is 0 Å². The predicted octanol–water partition coefficient (Wildman–Crippen LogP) is 1.43. The smallest absolute Gasteiger partial charge is 0.248 e. The Labute approximate surface area is 96.9 Å². The van der Waals surface area contributed by atoms with Crippen LogP contribution in [0.25, 0.3) is 16.8 Å². The molecule has 0 aliphatic rings. The molecule has 0 saturated carbocycles. The van der Waals surface area contributed by atoms with E-state index in [0.29, 0.717) is 5.56 Å². The van der Waals surface area contributed by atoms with Gasteiger partial charge in [0.15, 0.2) is 0 Å². The van der Waals surface area contributed by atoms with Crippen LogP contribution in [0.15, 0.2) is 42.9 Å². The number of pyridine rings is 1. The van der Waals surface area contributed by atoms with Gasteiger partial charge in [-0.15, -0.1) is 0 Å². The van der Waals surface area contributed by atoms with Crippen molar-refractivity contribution >= 4 is 11.4 Å². The summed E-state index contributed by atoms with van der Waals surface area (Å²) in [5.74, 6) is -0.427. The SMILES string of the molecule is NC(=O)c1ccn2ccc(-c3ccn[nH]3)c2c1. The number of amides is 1. The molecule has 5 nitrogen and oxygen atoms in total. The summed E-state index contributed by atoms with van der Waals surface area (Å²) in [4.78, 5) is 11.2. The quantitative estimate of drug-likeness (QED) is 0.693. The van der Waals surface area contributed by atoms with Gasteiger partial charge in [-0.25, -0.2) is 0 Å². The summed E-state index contributed by atoms with van der Waals surface area (Å²) in [5.41, 5.74) is 8.60. The van der Waals surface area contributed by atoms with Crippen LogP contribution in [0, 0.1) is 0 Å². The first-order valence-corrected chi connectivity index (χ1v) is 5.16. The summed E-state index contributed by atoms with van der Waals surface area (Å²) < 4.78 is 1.93. The van der Waals surface area contributed by atoms with Crippen LogP contribution in [0.2, 0.25) is 0 Å². The Bertz CT molecular complexity index is 682. The summed E-state index contributed by atoms with van der Waals surface area (Å²) in [6.45, 7) is 0. The maximum atomic E-state index is 11.2. The highest BCUT2D eigenvalue weighted by Crippen LogP contribution is 2.24. The van der Waals surface area contributed by atoms with Crippen molar-refractivity contribution < 1.29 is 4.79 Å². The summed E-state index contributed by atoms with van der Waals surface area (Å²) in [6.07, 6.45) is 5.43. The molecule has 3 rings (SSSR count). The third kappa shape index (κ3) is 1.48. The number of carbonyl (C=O) groups excluding carboxylic acids is 1. The maximum absolute atomic E-state index is 11.2. The zero-order valence-electron chi connectivity index (χ0n) is 8.92. The molecule has 3 N–H and O–H groups in total. The predicted molar refractivity (Wildman–Crippen MR) is 63.5 cm³/mol. The van der Waals surface area contributed by atoms with E-state index in [-0.39, 0.29) is 0 Å². The Morgan fingerprint density at radius 3 is 2.82 bits per heavy atom. The Hall–Kier alpha value is -2.56. The van der Waals surface area contributed by atoms with Crippen molar-refractivity contribution in [2.24, 2.45) is 5.73 Å². The molecule has 0 aliphatic carbocycles. The molecule has 0 bridgehead atoms. The van der Waals surface area contributed by atoms with Crippen LogP contribution in [-0.4, -0.2) is 20.5 Å². The minimum absolute atomic E-state index is 0.427. The number of aromatic nitrogens is 3. The van der Waals surface area contributed by atoms with Gasteiger partial charge in [-0.05, 0) is 24.3 Å². The van der Waals surface area contributed by atoms with Crippen LogP contribution in [0.5, 0.6) is 0 Å². The Balaban J connectivity index is 2.26. The van der Waals surface area contributed by atoms with Crippen molar-refractivity contribution in [3.05, 3.63) is 48.4 Å². The van der Waals surface area contributed by atoms with Crippen molar-refractivity contribution in [2.75, 3.05) is 0 Å². The molecule has 0 aromatic carbocycles. The number of aromatic amines is 1. The second kappa shape index (κ2) is 3.48. The van der Waals surface area contributed by atoms with E-state index in [1.807, 2.05) is 28.9 Å². The first-order valence-electron chi connectivity index (χ1n) is 5.16. The Morgan fingerprint density at radius 1 is 1.29 bits per heavy atom. The fourth-order valence-corrected chi connectivity index (χ4v) is 1.88. The number of rotatable bonds is 2. The van der Waals surface area contributed by atoms with Gasteiger partial charge in [0.25, 0.3) is 0 Å². The van der Waals surface area contributed by atoms with E-state index in [4.69, 9.17) is 5.73 Å². The molecule has 1 amide bonds. The second-order valence-corrected chi connectivity index (χ2v) is 3.77. The molecule has 0 radical (unpaired) electrons. The van der Waals surface area contributed by atoms with Crippen molar-refractivity contribution in [1.82, 2.24) is 14.6 Å². The standard InChI is InChI=1S/C12H10N4O/c13-12(17)8-2-5-16-6-3-9(11(16)7-8)10-1-4-14-15-10/h1-7H,(H2,13,17)(H,14,15). The lowest BCUT2D eigenvalue weighted by molar-refractivity contribution is 0.100. The summed E-state index contributed by atoms with van der Waals surface area (Å²) in [6, 6.07) is 7.32. The monoisotopic (exact) mass is 226 g/mol. The Morgan fingerprint density at radius 2 is 2.12 bits per heavy atom. The molecule has 3 aromatic heterocycles. The largest absolute Gasteiger partial charge is 0.366 e. The number of fused-ring (bicyclic) bond motifs is 1. The third-order valence-electron chi connectivity index (χ3n) is 2.74. The number of hydrogen-bond donors (Lipinski definition) is 2. The summed E-state index contributed by atoms with van der Waals surface area (Å²) in [5, 5.41) is 6.82. The first kappa shape index (κ1) is 9.65. The number of primary amides is 1. The molecule has 0 unspecified atom stereocenters. The van der Waals surface area contributed by atoms with E-state index >= 15 is 0 Å². The van der Waals surface area contributed by atoms with Gasteiger partial charge >= 0.3 is 0 Å². The van der Waals surface area contributed by atoms with Gasteiger partial charge in [-0.3, -0.25) is 9.89 Å². The molecule has 0 aliphatic heterocycles. The first-order chi connectivity index (χ1) is 8.25. The van der Waals surface area contributed by atoms with Gasteiger partial charge in [0, 0.05) is 29.7 Å². The van der Waals surface area contributed by atoms with Crippen LogP contribution >= 0.6 is 0 Å². The van der Waals surface area contributed by atoms with Crippen molar-refractivity contribution in [3.63, 3.8) is 0 Å². The summed E-state index contributed by atoms with van der Waals surface area (Å²) in [7, 11) is 0. The van der Waals surface area contributed by atoms with E-state index in [2.05, 4.69) is 10.2 Å². The van der Waals surface area contributed by atoms with Gasteiger partial charge < -0.3 is 10.1 Å². The number of nitrogens with one attached hydrogen (secondary N) is 1. The van der Waals surface area contributed by atoms with E-state index in [0.717, 1.165) is 16.8 Å². The average Bonchev–Trinajstić information content (AvgIpc) is 2.96. The molecule has 17 heavy (non-hydrogen) atoms. The molecule has 0 atom stereocenters. The molecule has 0 spiro atoms. The number of hydrogen-bond acceptors (Lipinski definition) is 2. The van der Waals surface area contributed by atoms with Gasteiger partial charge in [-0.1, -0.05) is 0 Å². The second-order valence-electron chi connectivity index (χ2n) is 3.77. The molecule has 0 saturated heterocycles. The number of nitrogens with zero attached hydrogens (tertiary/aromatic N) is 2. The molecular weight excluding hydrogens is 216 g/mol. The zero-order chi connectivity index (χ0) is 11.8. The van der Waals surface area contributed by atoms with Gasteiger partial charge in [0.05, 0.1) is 11.2 Å². The highest BCUT2D eigenvalue weighted by atomic mass is 16.1. The molecule has 3 aromatic rings. The highest BCUT2D eigenvalue weighted by Gasteiger charge is 2.08. The number of carbonyl (C=O) groups is 1. The third-order valence-corrected chi connectivity index (χ3v) is 2.74. The maximum Gasteiger partial charge on any atom is 0.248 e. The van der Waals surface area contributed by atoms with Crippen LogP contribution in [0.4, 0.5) is 0 Å². The fraction of sp³-hybridized carbons (Fsp3) is 0. The van der Waals surface area contributed by atoms with E-state index < -0.39 is 5.91 Å². The van der Waals surface area contributed by atoms with Crippen molar-refractivity contribution in [3.8, 4) is 11.3 Å². The van der Waals surface area contributed by atoms with Gasteiger partial charge in [0.1, 0.15) is 0 Å². The average molecular weight is 226 g/mol. The fourth-order valence-electron chi connectivity index (χ4n) is 1.88. The van der Waals surface area contributed by atoms with Crippen molar-refractivity contribution in [1.29, 1.82) is 0 Å². The lowest BCUT2D eigenvalue weighted by Crippen LogP contribution is -2.10. The number of nitrogens with two attached hydrogens (primary N) is 1. The molecule has 5 heteroatoms. The molecule has 84 valence electrons. The highest BCUT2D eigenvalue weighted by molar-refractivity contribution is 5.95. The molecule has 3 heterocycles. The normalized spacial score (nSPS) is 10.8. The number of H-pyrrole nitrogens is 1. The lowest BCUT2D eigenvalue weighted by atomic mass is 10.1. The van der Waals surface area contributed by atoms with Crippen LogP contribution < -0.4 is 5.73 Å². The van der Waals surface area contributed by atoms with Gasteiger partial charge in [-0.2, -0.15) is 5.10 Å². The molecular formula is C12H10N4O.